The molecule has 1 aromatic heterocycles. The average Bonchev–Trinajstić information content (AvgIpc) is 3.19. The van der Waals surface area contributed by atoms with Crippen LogP contribution in [0.3, 0.4) is 0 Å². The van der Waals surface area contributed by atoms with Gasteiger partial charge in [-0.2, -0.15) is 0 Å². The SMILES string of the molecule is CCC(Sc1nnc(C(C)Oc2ccccc2F)n1C(C)C)C(=O)Nc1ccc(F)cc1F. The van der Waals surface area contributed by atoms with E-state index in [2.05, 4.69) is 15.5 Å². The highest BCUT2D eigenvalue weighted by molar-refractivity contribution is 8.00. The number of nitrogens with one attached hydrogen (secondary N) is 1. The van der Waals surface area contributed by atoms with Gasteiger partial charge in [-0.15, -0.1) is 10.2 Å². The summed E-state index contributed by atoms with van der Waals surface area (Å²) in [7, 11) is 0. The molecule has 3 aromatic rings. The molecule has 0 saturated heterocycles. The van der Waals surface area contributed by atoms with E-state index < -0.39 is 34.7 Å². The number of hydrogen-bond acceptors (Lipinski definition) is 5. The molecule has 2 atom stereocenters. The van der Waals surface area contributed by atoms with E-state index in [4.69, 9.17) is 4.74 Å². The van der Waals surface area contributed by atoms with E-state index in [9.17, 15) is 18.0 Å². The van der Waals surface area contributed by atoms with Crippen LogP contribution >= 0.6 is 11.8 Å². The van der Waals surface area contributed by atoms with Crippen molar-refractivity contribution < 1.29 is 22.7 Å². The third-order valence-electron chi connectivity index (χ3n) is 4.81. The lowest BCUT2D eigenvalue weighted by molar-refractivity contribution is -0.115. The molecule has 0 bridgehead atoms. The van der Waals surface area contributed by atoms with Crippen molar-refractivity contribution in [3.63, 3.8) is 0 Å². The summed E-state index contributed by atoms with van der Waals surface area (Å²) in [5.41, 5.74) is -0.0987. The number of rotatable bonds is 9. The summed E-state index contributed by atoms with van der Waals surface area (Å²) in [4.78, 5) is 12.8. The Morgan fingerprint density at radius 1 is 1.09 bits per heavy atom. The van der Waals surface area contributed by atoms with Gasteiger partial charge in [0.1, 0.15) is 11.6 Å². The number of amides is 1. The standard InChI is InChI=1S/C23H25F3N4O2S/c1-5-20(22(31)27-18-11-10-15(24)12-17(18)26)33-23-29-28-21(30(23)13(2)3)14(4)32-19-9-7-6-8-16(19)25/h6-14,20H,5H2,1-4H3,(H,27,31). The van der Waals surface area contributed by atoms with Crippen LogP contribution in [0.5, 0.6) is 5.75 Å². The lowest BCUT2D eigenvalue weighted by atomic mass is 10.2. The maximum atomic E-state index is 14.0. The van der Waals surface area contributed by atoms with Crippen LogP contribution in [0.2, 0.25) is 0 Å². The number of para-hydroxylation sites is 1. The number of halogens is 3. The van der Waals surface area contributed by atoms with Crippen LogP contribution in [-0.2, 0) is 4.79 Å². The highest BCUT2D eigenvalue weighted by atomic mass is 32.2. The zero-order valence-electron chi connectivity index (χ0n) is 18.7. The molecular weight excluding hydrogens is 453 g/mol. The van der Waals surface area contributed by atoms with E-state index >= 15 is 0 Å². The molecule has 0 radical (unpaired) electrons. The van der Waals surface area contributed by atoms with E-state index in [-0.39, 0.29) is 17.5 Å². The Labute approximate surface area is 194 Å². The molecule has 0 aliphatic carbocycles. The lowest BCUT2D eigenvalue weighted by Crippen LogP contribution is -2.26. The van der Waals surface area contributed by atoms with Gasteiger partial charge in [0.25, 0.3) is 0 Å². The van der Waals surface area contributed by atoms with Crippen molar-refractivity contribution >= 4 is 23.4 Å². The monoisotopic (exact) mass is 478 g/mol. The molecule has 0 saturated carbocycles. The molecule has 0 aliphatic heterocycles. The van der Waals surface area contributed by atoms with Crippen molar-refractivity contribution in [2.45, 2.75) is 56.7 Å². The minimum Gasteiger partial charge on any atom is -0.480 e. The first-order valence-electron chi connectivity index (χ1n) is 10.5. The van der Waals surface area contributed by atoms with Gasteiger partial charge in [-0.25, -0.2) is 13.2 Å². The summed E-state index contributed by atoms with van der Waals surface area (Å²) in [5.74, 6) is -1.92. The smallest absolute Gasteiger partial charge is 0.238 e. The first-order chi connectivity index (χ1) is 15.7. The summed E-state index contributed by atoms with van der Waals surface area (Å²) in [6.45, 7) is 7.42. The second-order valence-electron chi connectivity index (χ2n) is 7.62. The zero-order valence-corrected chi connectivity index (χ0v) is 19.5. The molecule has 2 unspecified atom stereocenters. The molecule has 1 N–H and O–H groups in total. The minimum atomic E-state index is -0.852. The Bertz CT molecular complexity index is 1120. The molecule has 33 heavy (non-hydrogen) atoms. The van der Waals surface area contributed by atoms with Gasteiger partial charge < -0.3 is 14.6 Å². The summed E-state index contributed by atoms with van der Waals surface area (Å²) in [6, 6.07) is 8.98. The van der Waals surface area contributed by atoms with Crippen LogP contribution in [0.15, 0.2) is 47.6 Å². The first kappa shape index (κ1) is 24.6. The van der Waals surface area contributed by atoms with Gasteiger partial charge in [0.15, 0.2) is 28.7 Å². The number of nitrogens with zero attached hydrogens (tertiary/aromatic N) is 3. The van der Waals surface area contributed by atoms with E-state index in [0.717, 1.165) is 6.07 Å². The van der Waals surface area contributed by atoms with Crippen molar-refractivity contribution in [1.82, 2.24) is 14.8 Å². The van der Waals surface area contributed by atoms with Crippen LogP contribution < -0.4 is 10.1 Å². The van der Waals surface area contributed by atoms with Crippen LogP contribution in [0.4, 0.5) is 18.9 Å². The fourth-order valence-electron chi connectivity index (χ4n) is 3.17. The molecule has 0 aliphatic rings. The van der Waals surface area contributed by atoms with E-state index in [1.807, 2.05) is 25.3 Å². The normalized spacial score (nSPS) is 13.1. The number of ether oxygens (including phenoxy) is 1. The number of benzene rings is 2. The molecule has 0 spiro atoms. The quantitative estimate of drug-likeness (QED) is 0.386. The highest BCUT2D eigenvalue weighted by Gasteiger charge is 2.27. The zero-order chi connectivity index (χ0) is 24.1. The van der Waals surface area contributed by atoms with Crippen molar-refractivity contribution in [3.8, 4) is 5.75 Å². The lowest BCUT2D eigenvalue weighted by Gasteiger charge is -2.20. The molecular formula is C23H25F3N4O2S. The van der Waals surface area contributed by atoms with Gasteiger partial charge >= 0.3 is 0 Å². The molecule has 6 nitrogen and oxygen atoms in total. The molecule has 0 fully saturated rings. The van der Waals surface area contributed by atoms with Gasteiger partial charge in [-0.3, -0.25) is 4.79 Å². The topological polar surface area (TPSA) is 69.0 Å². The van der Waals surface area contributed by atoms with E-state index in [1.54, 1.807) is 19.1 Å². The summed E-state index contributed by atoms with van der Waals surface area (Å²) in [5, 5.41) is 10.8. The van der Waals surface area contributed by atoms with Crippen LogP contribution in [0.1, 0.15) is 52.1 Å². The molecule has 3 rings (SSSR count). The number of thioether (sulfide) groups is 1. The summed E-state index contributed by atoms with van der Waals surface area (Å²) < 4.78 is 48.7. The van der Waals surface area contributed by atoms with Gasteiger partial charge in [0.05, 0.1) is 10.9 Å². The second kappa shape index (κ2) is 10.7. The second-order valence-corrected chi connectivity index (χ2v) is 8.79. The van der Waals surface area contributed by atoms with Gasteiger partial charge in [-0.1, -0.05) is 30.8 Å². The summed E-state index contributed by atoms with van der Waals surface area (Å²) >= 11 is 1.18. The number of carbonyl (C=O) groups is 1. The maximum Gasteiger partial charge on any atom is 0.238 e. The average molecular weight is 479 g/mol. The van der Waals surface area contributed by atoms with Crippen molar-refractivity contribution in [2.24, 2.45) is 0 Å². The van der Waals surface area contributed by atoms with Gasteiger partial charge in [0, 0.05) is 12.1 Å². The molecule has 1 heterocycles. The Kier molecular flexibility index (Phi) is 8.01. The third-order valence-corrected chi connectivity index (χ3v) is 6.13. The van der Waals surface area contributed by atoms with Crippen LogP contribution in [-0.4, -0.2) is 25.9 Å². The van der Waals surface area contributed by atoms with E-state index in [0.29, 0.717) is 23.5 Å². The minimum absolute atomic E-state index is 0.0701. The molecule has 2 aromatic carbocycles. The first-order valence-corrected chi connectivity index (χ1v) is 11.4. The Morgan fingerprint density at radius 3 is 2.45 bits per heavy atom. The number of aromatic nitrogens is 3. The molecule has 10 heteroatoms. The van der Waals surface area contributed by atoms with Crippen molar-refractivity contribution in [3.05, 3.63) is 65.7 Å². The number of hydrogen-bond donors (Lipinski definition) is 1. The largest absolute Gasteiger partial charge is 0.480 e. The molecule has 1 amide bonds. The number of carbonyl (C=O) groups excluding carboxylic acids is 1. The van der Waals surface area contributed by atoms with Gasteiger partial charge in [-0.05, 0) is 51.5 Å². The molecule has 176 valence electrons. The van der Waals surface area contributed by atoms with Crippen LogP contribution in [0.25, 0.3) is 0 Å². The Morgan fingerprint density at radius 2 is 1.82 bits per heavy atom. The van der Waals surface area contributed by atoms with Gasteiger partial charge in [0.2, 0.25) is 5.91 Å². The fraction of sp³-hybridized carbons (Fsp3) is 0.348. The van der Waals surface area contributed by atoms with Crippen molar-refractivity contribution in [2.75, 3.05) is 5.32 Å². The predicted octanol–water partition coefficient (Wildman–Crippen LogP) is 5.93. The highest BCUT2D eigenvalue weighted by Crippen LogP contribution is 2.32. The predicted molar refractivity (Wildman–Crippen MR) is 121 cm³/mol. The summed E-state index contributed by atoms with van der Waals surface area (Å²) in [6.07, 6.45) is -0.172. The maximum absolute atomic E-state index is 14.0. The number of anilines is 1. The van der Waals surface area contributed by atoms with E-state index in [1.165, 1.54) is 30.0 Å². The Balaban J connectivity index is 1.79. The fourth-order valence-corrected chi connectivity index (χ4v) is 4.26. The third kappa shape index (κ3) is 5.87. The van der Waals surface area contributed by atoms with Crippen LogP contribution in [0, 0.1) is 17.5 Å². The Hall–Kier alpha value is -3.01. The van der Waals surface area contributed by atoms with Crippen molar-refractivity contribution in [1.29, 1.82) is 0 Å².